The van der Waals surface area contributed by atoms with Crippen molar-refractivity contribution in [2.45, 2.75) is 13.0 Å². The maximum atomic E-state index is 12.6. The van der Waals surface area contributed by atoms with Crippen LogP contribution < -0.4 is 20.9 Å². The molecule has 158 valence electrons. The molecule has 3 aromatic rings. The zero-order valence-electron chi connectivity index (χ0n) is 16.4. The molecule has 0 aliphatic carbocycles. The van der Waals surface area contributed by atoms with Crippen molar-refractivity contribution in [3.8, 4) is 5.75 Å². The van der Waals surface area contributed by atoms with Crippen molar-refractivity contribution in [2.24, 2.45) is 0 Å². The van der Waals surface area contributed by atoms with E-state index >= 15 is 0 Å². The first-order valence-corrected chi connectivity index (χ1v) is 10.2. The maximum Gasteiger partial charge on any atom is 0.273 e. The number of carbonyl (C=O) groups excluding carboxylic acids is 2. The Morgan fingerprint density at radius 3 is 2.26 bits per heavy atom. The molecule has 3 aromatic carbocycles. The van der Waals surface area contributed by atoms with Crippen molar-refractivity contribution in [2.75, 3.05) is 0 Å². The molecule has 2 amide bonds. The van der Waals surface area contributed by atoms with Crippen LogP contribution in [-0.2, 0) is 17.8 Å². The average molecular weight is 454 g/mol. The number of benzene rings is 3. The van der Waals surface area contributed by atoms with Crippen LogP contribution in [0.15, 0.2) is 78.9 Å². The number of thiocarbonyl (C=S) groups is 1. The molecule has 6 nitrogen and oxygen atoms in total. The molecule has 0 saturated carbocycles. The summed E-state index contributed by atoms with van der Waals surface area (Å²) in [6.45, 7) is 0.331. The molecule has 0 radical (unpaired) electrons. The van der Waals surface area contributed by atoms with Crippen LogP contribution in [0.25, 0.3) is 0 Å². The van der Waals surface area contributed by atoms with E-state index in [0.717, 1.165) is 11.1 Å². The van der Waals surface area contributed by atoms with Crippen LogP contribution in [0.3, 0.4) is 0 Å². The molecule has 31 heavy (non-hydrogen) atoms. The van der Waals surface area contributed by atoms with Crippen molar-refractivity contribution in [1.82, 2.24) is 16.2 Å². The van der Waals surface area contributed by atoms with Crippen LogP contribution in [0.1, 0.15) is 21.5 Å². The summed E-state index contributed by atoms with van der Waals surface area (Å²) < 4.78 is 5.79. The fraction of sp³-hybridized carbons (Fsp3) is 0.0870. The van der Waals surface area contributed by atoms with E-state index in [0.29, 0.717) is 22.9 Å². The van der Waals surface area contributed by atoms with E-state index in [1.165, 1.54) is 0 Å². The molecular weight excluding hydrogens is 434 g/mol. The number of hydrazine groups is 1. The van der Waals surface area contributed by atoms with Gasteiger partial charge in [0.25, 0.3) is 5.91 Å². The summed E-state index contributed by atoms with van der Waals surface area (Å²) >= 11 is 10.9. The number of ether oxygens (including phenoxy) is 1. The minimum Gasteiger partial charge on any atom is -0.488 e. The van der Waals surface area contributed by atoms with Gasteiger partial charge < -0.3 is 10.1 Å². The van der Waals surface area contributed by atoms with Gasteiger partial charge in [0.1, 0.15) is 12.4 Å². The predicted octanol–water partition coefficient (Wildman–Crippen LogP) is 3.80. The summed E-state index contributed by atoms with van der Waals surface area (Å²) in [5.74, 6) is -0.332. The number of hydrogen-bond donors (Lipinski definition) is 3. The Labute approximate surface area is 190 Å². The highest BCUT2D eigenvalue weighted by Crippen LogP contribution is 2.19. The fourth-order valence-electron chi connectivity index (χ4n) is 2.69. The molecule has 0 aromatic heterocycles. The Bertz CT molecular complexity index is 1060. The Morgan fingerprint density at radius 2 is 1.52 bits per heavy atom. The van der Waals surface area contributed by atoms with Gasteiger partial charge in [-0.3, -0.25) is 20.4 Å². The third kappa shape index (κ3) is 7.09. The lowest BCUT2D eigenvalue weighted by atomic mass is 10.1. The largest absolute Gasteiger partial charge is 0.488 e. The third-order valence-corrected chi connectivity index (χ3v) is 4.65. The topological polar surface area (TPSA) is 79.5 Å². The van der Waals surface area contributed by atoms with Crippen LogP contribution in [0.4, 0.5) is 0 Å². The quantitative estimate of drug-likeness (QED) is 0.391. The van der Waals surface area contributed by atoms with Gasteiger partial charge in [-0.25, -0.2) is 0 Å². The molecule has 0 spiro atoms. The summed E-state index contributed by atoms with van der Waals surface area (Å²) in [5.41, 5.74) is 7.11. The molecule has 0 fully saturated rings. The molecule has 0 heterocycles. The van der Waals surface area contributed by atoms with Gasteiger partial charge in [-0.1, -0.05) is 66.2 Å². The van der Waals surface area contributed by atoms with Gasteiger partial charge in [-0.15, -0.1) is 0 Å². The Balaban J connectivity index is 1.50. The van der Waals surface area contributed by atoms with Gasteiger partial charge in [0.2, 0.25) is 5.91 Å². The van der Waals surface area contributed by atoms with Crippen LogP contribution in [-0.4, -0.2) is 16.9 Å². The van der Waals surface area contributed by atoms with E-state index in [2.05, 4.69) is 16.2 Å². The van der Waals surface area contributed by atoms with E-state index in [-0.39, 0.29) is 17.4 Å². The molecule has 0 atom stereocenters. The molecule has 0 bridgehead atoms. The summed E-state index contributed by atoms with van der Waals surface area (Å²) in [4.78, 5) is 24.6. The number of hydrogen-bond acceptors (Lipinski definition) is 4. The molecule has 3 rings (SSSR count). The molecule has 3 N–H and O–H groups in total. The normalized spacial score (nSPS) is 10.1. The lowest BCUT2D eigenvalue weighted by Gasteiger charge is -2.14. The van der Waals surface area contributed by atoms with E-state index in [1.807, 2.05) is 30.3 Å². The zero-order valence-corrected chi connectivity index (χ0v) is 18.0. The molecule has 0 unspecified atom stereocenters. The highest BCUT2D eigenvalue weighted by atomic mass is 35.5. The highest BCUT2D eigenvalue weighted by Gasteiger charge is 2.13. The second-order valence-corrected chi connectivity index (χ2v) is 7.37. The molecule has 0 aliphatic heterocycles. The zero-order chi connectivity index (χ0) is 22.1. The number of rotatable bonds is 6. The van der Waals surface area contributed by atoms with Crippen molar-refractivity contribution >= 4 is 40.7 Å². The maximum absolute atomic E-state index is 12.6. The number of carbonyl (C=O) groups is 2. The number of halogens is 1. The van der Waals surface area contributed by atoms with Crippen molar-refractivity contribution in [1.29, 1.82) is 0 Å². The smallest absolute Gasteiger partial charge is 0.273 e. The SMILES string of the molecule is O=C(Cc1ccc(Cl)cc1)NC(=S)NNC(=O)c1ccccc1OCc1ccccc1. The van der Waals surface area contributed by atoms with Crippen molar-refractivity contribution in [3.05, 3.63) is 101 Å². The summed E-state index contributed by atoms with van der Waals surface area (Å²) in [6, 6.07) is 23.4. The molecular formula is C23H20ClN3O3S. The minimum atomic E-state index is -0.446. The Morgan fingerprint density at radius 1 is 0.839 bits per heavy atom. The highest BCUT2D eigenvalue weighted by molar-refractivity contribution is 7.80. The van der Waals surface area contributed by atoms with E-state index < -0.39 is 5.91 Å². The first kappa shape index (κ1) is 22.3. The molecule has 0 aliphatic rings. The monoisotopic (exact) mass is 453 g/mol. The van der Waals surface area contributed by atoms with Gasteiger partial charge >= 0.3 is 0 Å². The van der Waals surface area contributed by atoms with E-state index in [4.69, 9.17) is 28.6 Å². The van der Waals surface area contributed by atoms with Gasteiger partial charge in [0.15, 0.2) is 5.11 Å². The van der Waals surface area contributed by atoms with Crippen LogP contribution in [0, 0.1) is 0 Å². The predicted molar refractivity (Wildman–Crippen MR) is 124 cm³/mol. The number of para-hydroxylation sites is 1. The number of amides is 2. The first-order valence-electron chi connectivity index (χ1n) is 9.41. The van der Waals surface area contributed by atoms with E-state index in [1.54, 1.807) is 48.5 Å². The van der Waals surface area contributed by atoms with E-state index in [9.17, 15) is 9.59 Å². The second kappa shape index (κ2) is 11.1. The third-order valence-electron chi connectivity index (χ3n) is 4.19. The Hall–Kier alpha value is -3.42. The van der Waals surface area contributed by atoms with Gasteiger partial charge in [0.05, 0.1) is 12.0 Å². The molecule has 8 heteroatoms. The summed E-state index contributed by atoms with van der Waals surface area (Å²) in [7, 11) is 0. The van der Waals surface area contributed by atoms with Crippen LogP contribution in [0.5, 0.6) is 5.75 Å². The second-order valence-electron chi connectivity index (χ2n) is 6.53. The van der Waals surface area contributed by atoms with Gasteiger partial charge in [0, 0.05) is 5.02 Å². The lowest BCUT2D eigenvalue weighted by Crippen LogP contribution is -2.48. The van der Waals surface area contributed by atoms with Gasteiger partial charge in [-0.05, 0) is 47.6 Å². The summed E-state index contributed by atoms with van der Waals surface area (Å²) in [5, 5.41) is 3.09. The lowest BCUT2D eigenvalue weighted by molar-refractivity contribution is -0.119. The van der Waals surface area contributed by atoms with Crippen LogP contribution in [0.2, 0.25) is 5.02 Å². The summed E-state index contributed by atoms with van der Waals surface area (Å²) in [6.07, 6.45) is 0.128. The average Bonchev–Trinajstić information content (AvgIpc) is 2.78. The van der Waals surface area contributed by atoms with Gasteiger partial charge in [-0.2, -0.15) is 0 Å². The first-order chi connectivity index (χ1) is 15.0. The Kier molecular flexibility index (Phi) is 7.98. The number of nitrogens with one attached hydrogen (secondary N) is 3. The fourth-order valence-corrected chi connectivity index (χ4v) is 2.98. The van der Waals surface area contributed by atoms with Crippen molar-refractivity contribution < 1.29 is 14.3 Å². The molecule has 0 saturated heterocycles. The van der Waals surface area contributed by atoms with Crippen LogP contribution >= 0.6 is 23.8 Å². The minimum absolute atomic E-state index is 0.0185. The standard InChI is InChI=1S/C23H20ClN3O3S/c24-18-12-10-16(11-13-18)14-21(28)25-23(31)27-26-22(29)19-8-4-5-9-20(19)30-15-17-6-2-1-3-7-17/h1-13H,14-15H2,(H,26,29)(H2,25,27,28,31). The van der Waals surface area contributed by atoms with Crippen molar-refractivity contribution in [3.63, 3.8) is 0 Å².